The van der Waals surface area contributed by atoms with Crippen LogP contribution in [0, 0.1) is 6.92 Å². The van der Waals surface area contributed by atoms with Crippen LogP contribution in [0.3, 0.4) is 0 Å². The van der Waals surface area contributed by atoms with E-state index < -0.39 is 0 Å². The minimum absolute atomic E-state index is 0.108. The van der Waals surface area contributed by atoms with Crippen molar-refractivity contribution in [2.75, 3.05) is 18.0 Å². The molecule has 28 heavy (non-hydrogen) atoms. The third-order valence-corrected chi connectivity index (χ3v) is 5.98. The molecule has 1 saturated heterocycles. The number of hydrogen-bond donors (Lipinski definition) is 0. The summed E-state index contributed by atoms with van der Waals surface area (Å²) in [6.07, 6.45) is 6.35. The summed E-state index contributed by atoms with van der Waals surface area (Å²) in [4.78, 5) is 30.9. The molecular weight excluding hydrogens is 350 g/mol. The number of carbonyl (C=O) groups is 1. The van der Waals surface area contributed by atoms with Gasteiger partial charge in [0.05, 0.1) is 6.42 Å². The summed E-state index contributed by atoms with van der Waals surface area (Å²) in [6.45, 7) is 11.2. The molecule has 1 atom stereocenters. The van der Waals surface area contributed by atoms with Crippen molar-refractivity contribution >= 4 is 11.7 Å². The maximum absolute atomic E-state index is 12.5. The quantitative estimate of drug-likeness (QED) is 0.817. The minimum Gasteiger partial charge on any atom is -0.298 e. The Labute approximate surface area is 167 Å². The average Bonchev–Trinajstić information content (AvgIpc) is 2.99. The van der Waals surface area contributed by atoms with Gasteiger partial charge in [-0.15, -0.1) is 0 Å². The van der Waals surface area contributed by atoms with E-state index in [1.165, 1.54) is 5.56 Å². The van der Waals surface area contributed by atoms with Crippen molar-refractivity contribution in [2.24, 2.45) is 0 Å². The van der Waals surface area contributed by atoms with E-state index in [4.69, 9.17) is 9.97 Å². The van der Waals surface area contributed by atoms with Gasteiger partial charge in [-0.3, -0.25) is 19.6 Å². The van der Waals surface area contributed by atoms with Crippen molar-refractivity contribution in [1.82, 2.24) is 19.9 Å². The number of piperidine rings is 1. The van der Waals surface area contributed by atoms with E-state index in [2.05, 4.69) is 22.9 Å². The van der Waals surface area contributed by atoms with Crippen LogP contribution >= 0.6 is 0 Å². The highest BCUT2D eigenvalue weighted by molar-refractivity contribution is 6.00. The van der Waals surface area contributed by atoms with Crippen molar-refractivity contribution in [3.63, 3.8) is 0 Å². The molecule has 0 bridgehead atoms. The van der Waals surface area contributed by atoms with Gasteiger partial charge in [0.15, 0.2) is 0 Å². The van der Waals surface area contributed by atoms with Crippen molar-refractivity contribution in [3.05, 3.63) is 47.2 Å². The fraction of sp³-hybridized carbons (Fsp3) is 0.545. The maximum Gasteiger partial charge on any atom is 0.233 e. The van der Waals surface area contributed by atoms with Crippen LogP contribution in [-0.2, 0) is 23.2 Å². The van der Waals surface area contributed by atoms with Crippen molar-refractivity contribution in [3.8, 4) is 0 Å². The van der Waals surface area contributed by atoms with Crippen molar-refractivity contribution in [1.29, 1.82) is 0 Å². The molecule has 0 unspecified atom stereocenters. The van der Waals surface area contributed by atoms with E-state index in [0.29, 0.717) is 6.42 Å². The predicted octanol–water partition coefficient (Wildman–Crippen LogP) is 3.03. The number of nitrogens with zero attached hydrogens (tertiary/aromatic N) is 5. The Balaban J connectivity index is 1.63. The molecule has 0 radical (unpaired) electrons. The first-order valence-electron chi connectivity index (χ1n) is 10.2. The minimum atomic E-state index is -0.117. The van der Waals surface area contributed by atoms with E-state index in [-0.39, 0.29) is 17.4 Å². The Morgan fingerprint density at radius 3 is 2.82 bits per heavy atom. The maximum atomic E-state index is 12.5. The number of aryl methyl sites for hydroxylation is 1. The van der Waals surface area contributed by atoms with Gasteiger partial charge in [-0.25, -0.2) is 9.97 Å². The number of anilines is 1. The lowest BCUT2D eigenvalue weighted by Gasteiger charge is -2.39. The molecule has 0 aromatic carbocycles. The SMILES string of the molecule is Cc1nc([C@]2(C)CCCN(Cc3cccnc3)C2)nc2c1CC(=O)N2C(C)C. The van der Waals surface area contributed by atoms with E-state index in [0.717, 1.165) is 55.4 Å². The number of amides is 1. The molecule has 2 aliphatic heterocycles. The first-order chi connectivity index (χ1) is 13.4. The summed E-state index contributed by atoms with van der Waals surface area (Å²) in [7, 11) is 0. The molecule has 0 saturated carbocycles. The van der Waals surface area contributed by atoms with Crippen LogP contribution in [0.4, 0.5) is 5.82 Å². The third kappa shape index (κ3) is 3.41. The molecule has 0 N–H and O–H groups in total. The number of fused-ring (bicyclic) bond motifs is 1. The summed E-state index contributed by atoms with van der Waals surface area (Å²) < 4.78 is 0. The summed E-state index contributed by atoms with van der Waals surface area (Å²) in [5.41, 5.74) is 3.06. The van der Waals surface area contributed by atoms with Gasteiger partial charge < -0.3 is 0 Å². The zero-order chi connectivity index (χ0) is 19.9. The molecule has 0 aliphatic carbocycles. The summed E-state index contributed by atoms with van der Waals surface area (Å²) in [5.74, 6) is 1.83. The fourth-order valence-corrected chi connectivity index (χ4v) is 4.56. The number of hydrogen-bond acceptors (Lipinski definition) is 5. The monoisotopic (exact) mass is 379 g/mol. The lowest BCUT2D eigenvalue weighted by molar-refractivity contribution is -0.117. The second-order valence-electron chi connectivity index (χ2n) is 8.71. The highest BCUT2D eigenvalue weighted by Gasteiger charge is 2.39. The number of likely N-dealkylation sites (tertiary alicyclic amines) is 1. The van der Waals surface area contributed by atoms with Crippen LogP contribution in [0.1, 0.15) is 56.3 Å². The zero-order valence-electron chi connectivity index (χ0n) is 17.3. The van der Waals surface area contributed by atoms with Gasteiger partial charge in [0.1, 0.15) is 11.6 Å². The predicted molar refractivity (Wildman–Crippen MR) is 109 cm³/mol. The Hall–Kier alpha value is -2.34. The first kappa shape index (κ1) is 19.0. The molecule has 6 heteroatoms. The zero-order valence-corrected chi connectivity index (χ0v) is 17.3. The van der Waals surface area contributed by atoms with Crippen LogP contribution in [0.15, 0.2) is 24.5 Å². The molecule has 4 rings (SSSR count). The second kappa shape index (κ2) is 7.24. The van der Waals surface area contributed by atoms with E-state index >= 15 is 0 Å². The van der Waals surface area contributed by atoms with E-state index in [1.807, 2.05) is 44.1 Å². The molecule has 1 fully saturated rings. The molecule has 2 aliphatic rings. The Bertz CT molecular complexity index is 882. The molecule has 2 aromatic rings. The number of rotatable bonds is 4. The largest absolute Gasteiger partial charge is 0.298 e. The van der Waals surface area contributed by atoms with Gasteiger partial charge in [-0.05, 0) is 51.8 Å². The molecule has 6 nitrogen and oxygen atoms in total. The Morgan fingerprint density at radius 2 is 2.11 bits per heavy atom. The molecule has 0 spiro atoms. The molecule has 1 amide bonds. The van der Waals surface area contributed by atoms with Crippen molar-refractivity contribution < 1.29 is 4.79 Å². The van der Waals surface area contributed by atoms with Gasteiger partial charge in [0.2, 0.25) is 5.91 Å². The number of aromatic nitrogens is 3. The topological polar surface area (TPSA) is 62.2 Å². The van der Waals surface area contributed by atoms with Crippen LogP contribution < -0.4 is 4.90 Å². The number of pyridine rings is 1. The molecule has 4 heterocycles. The molecule has 148 valence electrons. The van der Waals surface area contributed by atoms with Gasteiger partial charge in [0, 0.05) is 48.2 Å². The lowest BCUT2D eigenvalue weighted by atomic mass is 9.80. The average molecular weight is 380 g/mol. The molecular formula is C22H29N5O. The summed E-state index contributed by atoms with van der Waals surface area (Å²) in [5, 5.41) is 0. The van der Waals surface area contributed by atoms with Crippen LogP contribution in [0.5, 0.6) is 0 Å². The van der Waals surface area contributed by atoms with Gasteiger partial charge in [0.25, 0.3) is 0 Å². The highest BCUT2D eigenvalue weighted by Crippen LogP contribution is 2.37. The Morgan fingerprint density at radius 1 is 1.29 bits per heavy atom. The summed E-state index contributed by atoms with van der Waals surface area (Å²) >= 11 is 0. The van der Waals surface area contributed by atoms with Crippen molar-refractivity contribution in [2.45, 2.75) is 65.0 Å². The van der Waals surface area contributed by atoms with Gasteiger partial charge in [-0.1, -0.05) is 13.0 Å². The normalized spacial score (nSPS) is 22.8. The van der Waals surface area contributed by atoms with Gasteiger partial charge >= 0.3 is 0 Å². The number of carbonyl (C=O) groups excluding carboxylic acids is 1. The smallest absolute Gasteiger partial charge is 0.233 e. The second-order valence-corrected chi connectivity index (χ2v) is 8.71. The van der Waals surface area contributed by atoms with Gasteiger partial charge in [-0.2, -0.15) is 0 Å². The first-order valence-corrected chi connectivity index (χ1v) is 10.2. The standard InChI is InChI=1S/C22H29N5O/c1-15(2)27-19(28)11-18-16(3)24-21(25-20(18)27)22(4)8-6-10-26(14-22)13-17-7-5-9-23-12-17/h5,7,9,12,15H,6,8,10-11,13-14H2,1-4H3/t22-/m1/s1. The Kier molecular flexibility index (Phi) is 4.91. The highest BCUT2D eigenvalue weighted by atomic mass is 16.2. The third-order valence-electron chi connectivity index (χ3n) is 5.98. The molecule has 2 aromatic heterocycles. The van der Waals surface area contributed by atoms with Crippen LogP contribution in [0.25, 0.3) is 0 Å². The summed E-state index contributed by atoms with van der Waals surface area (Å²) in [6, 6.07) is 4.22. The fourth-order valence-electron chi connectivity index (χ4n) is 4.56. The van der Waals surface area contributed by atoms with E-state index in [9.17, 15) is 4.79 Å². The lowest BCUT2D eigenvalue weighted by Crippen LogP contribution is -2.45. The van der Waals surface area contributed by atoms with E-state index in [1.54, 1.807) is 0 Å². The van der Waals surface area contributed by atoms with Crippen LogP contribution in [-0.4, -0.2) is 44.9 Å². The van der Waals surface area contributed by atoms with Crippen LogP contribution in [0.2, 0.25) is 0 Å².